The lowest BCUT2D eigenvalue weighted by Gasteiger charge is -2.18. The Bertz CT molecular complexity index is 235. The van der Waals surface area contributed by atoms with Crippen LogP contribution in [0.1, 0.15) is 46.0 Å². The summed E-state index contributed by atoms with van der Waals surface area (Å²) in [5, 5.41) is 3.44. The Morgan fingerprint density at radius 3 is 2.93 bits per heavy atom. The summed E-state index contributed by atoms with van der Waals surface area (Å²) in [6, 6.07) is 0. The first-order chi connectivity index (χ1) is 7.16. The van der Waals surface area contributed by atoms with E-state index >= 15 is 0 Å². The topological polar surface area (TPSA) is 21.3 Å². The van der Waals surface area contributed by atoms with E-state index in [0.29, 0.717) is 6.10 Å². The van der Waals surface area contributed by atoms with Crippen LogP contribution in [0.15, 0.2) is 11.6 Å². The van der Waals surface area contributed by atoms with Crippen molar-refractivity contribution in [3.63, 3.8) is 0 Å². The van der Waals surface area contributed by atoms with E-state index < -0.39 is 0 Å². The molecule has 2 heteroatoms. The number of rotatable bonds is 1. The standard InChI is InChI=1S/C13H23NO/c1-13(2)7-5-12(15-13)10-11-4-3-8-14-9-6-11/h10,12,14H,3-9H2,1-2H3/b11-10-. The Balaban J connectivity index is 1.91. The lowest BCUT2D eigenvalue weighted by molar-refractivity contribution is 0.00481. The van der Waals surface area contributed by atoms with Gasteiger partial charge in [0.25, 0.3) is 0 Å². The van der Waals surface area contributed by atoms with Crippen LogP contribution in [-0.2, 0) is 4.74 Å². The Morgan fingerprint density at radius 1 is 1.33 bits per heavy atom. The van der Waals surface area contributed by atoms with Crippen LogP contribution in [0.5, 0.6) is 0 Å². The van der Waals surface area contributed by atoms with Gasteiger partial charge in [0, 0.05) is 0 Å². The zero-order valence-electron chi connectivity index (χ0n) is 10.0. The fourth-order valence-electron chi connectivity index (χ4n) is 2.50. The Kier molecular flexibility index (Phi) is 3.47. The maximum atomic E-state index is 6.00. The molecule has 2 saturated heterocycles. The molecule has 0 bridgehead atoms. The van der Waals surface area contributed by atoms with E-state index in [1.807, 2.05) is 0 Å². The van der Waals surface area contributed by atoms with Crippen LogP contribution in [0, 0.1) is 0 Å². The Morgan fingerprint density at radius 2 is 2.20 bits per heavy atom. The molecule has 2 aliphatic rings. The molecule has 2 heterocycles. The van der Waals surface area contributed by atoms with Crippen LogP contribution >= 0.6 is 0 Å². The molecular formula is C13H23NO. The summed E-state index contributed by atoms with van der Waals surface area (Å²) in [5.74, 6) is 0. The van der Waals surface area contributed by atoms with E-state index in [-0.39, 0.29) is 5.60 Å². The first kappa shape index (κ1) is 11.2. The molecule has 0 aliphatic carbocycles. The van der Waals surface area contributed by atoms with E-state index in [9.17, 15) is 0 Å². The van der Waals surface area contributed by atoms with Gasteiger partial charge < -0.3 is 10.1 Å². The van der Waals surface area contributed by atoms with Gasteiger partial charge in [0.1, 0.15) is 0 Å². The van der Waals surface area contributed by atoms with Crippen molar-refractivity contribution < 1.29 is 4.74 Å². The molecule has 0 aromatic carbocycles. The van der Waals surface area contributed by atoms with Crippen molar-refractivity contribution in [3.8, 4) is 0 Å². The molecule has 1 N–H and O–H groups in total. The third-order valence-electron chi connectivity index (χ3n) is 3.40. The lowest BCUT2D eigenvalue weighted by atomic mass is 10.0. The average Bonchev–Trinajstić information content (AvgIpc) is 2.41. The van der Waals surface area contributed by atoms with E-state index in [4.69, 9.17) is 4.74 Å². The summed E-state index contributed by atoms with van der Waals surface area (Å²) < 4.78 is 6.00. The van der Waals surface area contributed by atoms with E-state index in [1.165, 1.54) is 38.6 Å². The van der Waals surface area contributed by atoms with Gasteiger partial charge in [-0.3, -0.25) is 0 Å². The van der Waals surface area contributed by atoms with Crippen molar-refractivity contribution >= 4 is 0 Å². The van der Waals surface area contributed by atoms with Crippen molar-refractivity contribution in [1.82, 2.24) is 5.32 Å². The highest BCUT2D eigenvalue weighted by atomic mass is 16.5. The SMILES string of the molecule is CC1(C)CCC(/C=C2/CCCNCC2)O1. The third-order valence-corrected chi connectivity index (χ3v) is 3.40. The Hall–Kier alpha value is -0.340. The summed E-state index contributed by atoms with van der Waals surface area (Å²) >= 11 is 0. The van der Waals surface area contributed by atoms with Crippen LogP contribution in [-0.4, -0.2) is 24.8 Å². The van der Waals surface area contributed by atoms with Crippen molar-refractivity contribution in [2.45, 2.75) is 57.7 Å². The van der Waals surface area contributed by atoms with Gasteiger partial charge in [-0.05, 0) is 59.0 Å². The van der Waals surface area contributed by atoms with Crippen molar-refractivity contribution in [1.29, 1.82) is 0 Å². The minimum atomic E-state index is 0.102. The highest BCUT2D eigenvalue weighted by Crippen LogP contribution is 2.31. The number of ether oxygens (including phenoxy) is 1. The molecule has 1 atom stereocenters. The zero-order valence-corrected chi connectivity index (χ0v) is 10.0. The summed E-state index contributed by atoms with van der Waals surface area (Å²) in [6.45, 7) is 6.70. The monoisotopic (exact) mass is 209 g/mol. The third kappa shape index (κ3) is 3.32. The molecule has 15 heavy (non-hydrogen) atoms. The lowest BCUT2D eigenvalue weighted by Crippen LogP contribution is -2.19. The summed E-state index contributed by atoms with van der Waals surface area (Å²) in [7, 11) is 0. The van der Waals surface area contributed by atoms with E-state index in [2.05, 4.69) is 25.2 Å². The van der Waals surface area contributed by atoms with Gasteiger partial charge in [-0.25, -0.2) is 0 Å². The normalized spacial score (nSPS) is 34.3. The van der Waals surface area contributed by atoms with Crippen LogP contribution in [0.2, 0.25) is 0 Å². The minimum Gasteiger partial charge on any atom is -0.368 e. The van der Waals surface area contributed by atoms with Crippen molar-refractivity contribution in [2.24, 2.45) is 0 Å². The van der Waals surface area contributed by atoms with E-state index in [1.54, 1.807) is 5.57 Å². The second-order valence-electron chi connectivity index (χ2n) is 5.38. The second-order valence-corrected chi connectivity index (χ2v) is 5.38. The molecule has 0 spiro atoms. The molecule has 2 rings (SSSR count). The Labute approximate surface area is 93.1 Å². The first-order valence-corrected chi connectivity index (χ1v) is 6.24. The molecule has 2 nitrogen and oxygen atoms in total. The van der Waals surface area contributed by atoms with Gasteiger partial charge in [-0.15, -0.1) is 0 Å². The molecule has 0 saturated carbocycles. The fourth-order valence-corrected chi connectivity index (χ4v) is 2.50. The van der Waals surface area contributed by atoms with Crippen LogP contribution in [0.25, 0.3) is 0 Å². The predicted octanol–water partition coefficient (Wildman–Crippen LogP) is 2.64. The summed E-state index contributed by atoms with van der Waals surface area (Å²) in [6.07, 6.45) is 8.91. The van der Waals surface area contributed by atoms with E-state index in [0.717, 1.165) is 6.54 Å². The molecule has 0 aromatic rings. The summed E-state index contributed by atoms with van der Waals surface area (Å²) in [4.78, 5) is 0. The first-order valence-electron chi connectivity index (χ1n) is 6.24. The zero-order chi connectivity index (χ0) is 10.7. The van der Waals surface area contributed by atoms with Gasteiger partial charge in [0.2, 0.25) is 0 Å². The summed E-state index contributed by atoms with van der Waals surface area (Å²) in [5.41, 5.74) is 1.70. The quantitative estimate of drug-likeness (QED) is 0.670. The van der Waals surface area contributed by atoms with Crippen LogP contribution in [0.3, 0.4) is 0 Å². The molecule has 0 aromatic heterocycles. The van der Waals surface area contributed by atoms with Crippen molar-refractivity contribution in [3.05, 3.63) is 11.6 Å². The van der Waals surface area contributed by atoms with Crippen LogP contribution in [0.4, 0.5) is 0 Å². The van der Waals surface area contributed by atoms with Gasteiger partial charge in [0.05, 0.1) is 11.7 Å². The van der Waals surface area contributed by atoms with Gasteiger partial charge in [-0.2, -0.15) is 0 Å². The molecule has 2 fully saturated rings. The molecule has 2 aliphatic heterocycles. The maximum Gasteiger partial charge on any atom is 0.0766 e. The molecular weight excluding hydrogens is 186 g/mol. The molecule has 0 amide bonds. The van der Waals surface area contributed by atoms with Gasteiger partial charge >= 0.3 is 0 Å². The average molecular weight is 209 g/mol. The number of nitrogens with one attached hydrogen (secondary N) is 1. The molecule has 1 unspecified atom stereocenters. The maximum absolute atomic E-state index is 6.00. The number of hydrogen-bond acceptors (Lipinski definition) is 2. The van der Waals surface area contributed by atoms with Gasteiger partial charge in [-0.1, -0.05) is 11.6 Å². The minimum absolute atomic E-state index is 0.102. The second kappa shape index (κ2) is 4.67. The smallest absolute Gasteiger partial charge is 0.0766 e. The molecule has 86 valence electrons. The van der Waals surface area contributed by atoms with Gasteiger partial charge in [0.15, 0.2) is 0 Å². The largest absolute Gasteiger partial charge is 0.368 e. The molecule has 0 radical (unpaired) electrons. The van der Waals surface area contributed by atoms with Crippen molar-refractivity contribution in [2.75, 3.05) is 13.1 Å². The number of hydrogen-bond donors (Lipinski definition) is 1. The highest BCUT2D eigenvalue weighted by molar-refractivity contribution is 5.09. The highest BCUT2D eigenvalue weighted by Gasteiger charge is 2.30. The van der Waals surface area contributed by atoms with Crippen LogP contribution < -0.4 is 5.32 Å². The fraction of sp³-hybridized carbons (Fsp3) is 0.846. The predicted molar refractivity (Wildman–Crippen MR) is 63.0 cm³/mol.